The minimum Gasteiger partial charge on any atom is -0.307 e. The van der Waals surface area contributed by atoms with Gasteiger partial charge in [0.25, 0.3) is 5.91 Å². The van der Waals surface area contributed by atoms with Crippen molar-refractivity contribution in [2.75, 3.05) is 5.32 Å². The molecule has 0 aliphatic rings. The summed E-state index contributed by atoms with van der Waals surface area (Å²) >= 11 is 0. The minimum atomic E-state index is -0.263. The highest BCUT2D eigenvalue weighted by Crippen LogP contribution is 2.15. The standard InChI is InChI=1S/C19H16N4O/c1-14-10-18(23(22-14)13-15-6-3-2-4-7-15)21-19(24)17-9-5-8-16(11-17)12-20/h2-11H,13H2,1H3,(H,21,24). The Morgan fingerprint density at radius 3 is 2.71 bits per heavy atom. The van der Waals surface area contributed by atoms with Crippen molar-refractivity contribution in [1.82, 2.24) is 9.78 Å². The van der Waals surface area contributed by atoms with Gasteiger partial charge in [-0.15, -0.1) is 0 Å². The number of hydrogen-bond acceptors (Lipinski definition) is 3. The summed E-state index contributed by atoms with van der Waals surface area (Å²) in [6.45, 7) is 2.45. The number of carbonyl (C=O) groups excluding carboxylic acids is 1. The zero-order valence-electron chi connectivity index (χ0n) is 13.2. The molecule has 1 N–H and O–H groups in total. The molecule has 5 heteroatoms. The molecule has 0 aliphatic heterocycles. The maximum absolute atomic E-state index is 12.4. The van der Waals surface area contributed by atoms with Crippen molar-refractivity contribution in [2.24, 2.45) is 0 Å². The predicted octanol–water partition coefficient (Wildman–Crippen LogP) is 3.36. The first-order valence-corrected chi connectivity index (χ1v) is 7.55. The van der Waals surface area contributed by atoms with Crippen LogP contribution >= 0.6 is 0 Å². The molecule has 1 aromatic heterocycles. The van der Waals surface area contributed by atoms with Crippen molar-refractivity contribution in [3.05, 3.63) is 83.0 Å². The topological polar surface area (TPSA) is 70.7 Å². The van der Waals surface area contributed by atoms with Crippen LogP contribution < -0.4 is 5.32 Å². The second-order valence-electron chi connectivity index (χ2n) is 5.46. The van der Waals surface area contributed by atoms with Gasteiger partial charge in [0.05, 0.1) is 23.9 Å². The number of aryl methyl sites for hydroxylation is 1. The van der Waals surface area contributed by atoms with Gasteiger partial charge in [0.2, 0.25) is 0 Å². The van der Waals surface area contributed by atoms with Crippen LogP contribution in [0.4, 0.5) is 5.82 Å². The maximum atomic E-state index is 12.4. The van der Waals surface area contributed by atoms with Crippen molar-refractivity contribution in [3.8, 4) is 6.07 Å². The van der Waals surface area contributed by atoms with Crippen LogP contribution in [0.2, 0.25) is 0 Å². The molecule has 0 saturated carbocycles. The van der Waals surface area contributed by atoms with Gasteiger partial charge in [-0.2, -0.15) is 10.4 Å². The van der Waals surface area contributed by atoms with E-state index in [2.05, 4.69) is 10.4 Å². The van der Waals surface area contributed by atoms with Crippen molar-refractivity contribution in [2.45, 2.75) is 13.5 Å². The number of nitriles is 1. The van der Waals surface area contributed by atoms with Crippen LogP contribution in [0, 0.1) is 18.3 Å². The Morgan fingerprint density at radius 2 is 1.96 bits per heavy atom. The van der Waals surface area contributed by atoms with Gasteiger partial charge in [0, 0.05) is 11.6 Å². The van der Waals surface area contributed by atoms with Gasteiger partial charge in [0.1, 0.15) is 5.82 Å². The van der Waals surface area contributed by atoms with Crippen LogP contribution in [0.5, 0.6) is 0 Å². The highest BCUT2D eigenvalue weighted by molar-refractivity contribution is 6.04. The summed E-state index contributed by atoms with van der Waals surface area (Å²) in [6.07, 6.45) is 0. The summed E-state index contributed by atoms with van der Waals surface area (Å²) in [5.74, 6) is 0.366. The number of benzene rings is 2. The van der Waals surface area contributed by atoms with E-state index in [-0.39, 0.29) is 5.91 Å². The van der Waals surface area contributed by atoms with Crippen LogP contribution in [0.1, 0.15) is 27.2 Å². The molecular weight excluding hydrogens is 300 g/mol. The zero-order valence-corrected chi connectivity index (χ0v) is 13.2. The fourth-order valence-corrected chi connectivity index (χ4v) is 2.44. The highest BCUT2D eigenvalue weighted by Gasteiger charge is 2.12. The SMILES string of the molecule is Cc1cc(NC(=O)c2cccc(C#N)c2)n(Cc2ccccc2)n1. The van der Waals surface area contributed by atoms with Gasteiger partial charge in [-0.1, -0.05) is 36.4 Å². The van der Waals surface area contributed by atoms with E-state index in [1.165, 1.54) is 0 Å². The van der Waals surface area contributed by atoms with E-state index in [9.17, 15) is 4.79 Å². The largest absolute Gasteiger partial charge is 0.307 e. The first kappa shape index (κ1) is 15.5. The number of carbonyl (C=O) groups is 1. The van der Waals surface area contributed by atoms with Crippen molar-refractivity contribution < 1.29 is 4.79 Å². The Hall–Kier alpha value is -3.39. The number of rotatable bonds is 4. The van der Waals surface area contributed by atoms with Crippen molar-refractivity contribution >= 4 is 11.7 Å². The summed E-state index contributed by atoms with van der Waals surface area (Å²) in [5, 5.41) is 16.3. The fourth-order valence-electron chi connectivity index (χ4n) is 2.44. The minimum absolute atomic E-state index is 0.263. The van der Waals surface area contributed by atoms with Crippen molar-refractivity contribution in [1.29, 1.82) is 5.26 Å². The molecule has 24 heavy (non-hydrogen) atoms. The maximum Gasteiger partial charge on any atom is 0.256 e. The molecule has 0 bridgehead atoms. The number of anilines is 1. The van der Waals surface area contributed by atoms with Crippen LogP contribution in [0.3, 0.4) is 0 Å². The third-order valence-corrected chi connectivity index (χ3v) is 3.57. The molecule has 0 atom stereocenters. The van der Waals surface area contributed by atoms with E-state index in [0.29, 0.717) is 23.5 Å². The lowest BCUT2D eigenvalue weighted by atomic mass is 10.1. The van der Waals surface area contributed by atoms with E-state index in [4.69, 9.17) is 5.26 Å². The number of aromatic nitrogens is 2. The predicted molar refractivity (Wildman–Crippen MR) is 91.6 cm³/mol. The Morgan fingerprint density at radius 1 is 1.17 bits per heavy atom. The first-order valence-electron chi connectivity index (χ1n) is 7.55. The molecule has 0 aliphatic carbocycles. The molecule has 3 aromatic rings. The molecule has 5 nitrogen and oxygen atoms in total. The lowest BCUT2D eigenvalue weighted by Gasteiger charge is -2.09. The van der Waals surface area contributed by atoms with Gasteiger partial charge >= 0.3 is 0 Å². The van der Waals surface area contributed by atoms with E-state index in [1.54, 1.807) is 28.9 Å². The normalized spacial score (nSPS) is 10.2. The second-order valence-corrected chi connectivity index (χ2v) is 5.46. The Kier molecular flexibility index (Phi) is 4.39. The van der Waals surface area contributed by atoms with E-state index in [1.807, 2.05) is 49.4 Å². The van der Waals surface area contributed by atoms with Gasteiger partial charge in [-0.25, -0.2) is 4.68 Å². The first-order chi connectivity index (χ1) is 11.7. The zero-order chi connectivity index (χ0) is 16.9. The summed E-state index contributed by atoms with van der Waals surface area (Å²) in [4.78, 5) is 12.4. The van der Waals surface area contributed by atoms with E-state index < -0.39 is 0 Å². The number of amides is 1. The monoisotopic (exact) mass is 316 g/mol. The van der Waals surface area contributed by atoms with E-state index >= 15 is 0 Å². The Bertz CT molecular complexity index is 907. The van der Waals surface area contributed by atoms with E-state index in [0.717, 1.165) is 11.3 Å². The third kappa shape index (κ3) is 3.50. The van der Waals surface area contributed by atoms with Gasteiger partial charge in [-0.3, -0.25) is 4.79 Å². The molecule has 1 amide bonds. The quantitative estimate of drug-likeness (QED) is 0.802. The number of nitrogens with zero attached hydrogens (tertiary/aromatic N) is 3. The lowest BCUT2D eigenvalue weighted by molar-refractivity contribution is 0.102. The van der Waals surface area contributed by atoms with Gasteiger partial charge in [-0.05, 0) is 30.7 Å². The fraction of sp³-hybridized carbons (Fsp3) is 0.105. The van der Waals surface area contributed by atoms with Crippen LogP contribution in [-0.4, -0.2) is 15.7 Å². The summed E-state index contributed by atoms with van der Waals surface area (Å²) in [5.41, 5.74) is 2.82. The molecule has 3 rings (SSSR count). The smallest absolute Gasteiger partial charge is 0.256 e. The molecule has 0 fully saturated rings. The summed E-state index contributed by atoms with van der Waals surface area (Å²) in [7, 11) is 0. The molecule has 2 aromatic carbocycles. The van der Waals surface area contributed by atoms with Gasteiger partial charge < -0.3 is 5.32 Å². The molecule has 0 unspecified atom stereocenters. The number of nitrogens with one attached hydrogen (secondary N) is 1. The second kappa shape index (κ2) is 6.80. The highest BCUT2D eigenvalue weighted by atomic mass is 16.1. The Balaban J connectivity index is 1.82. The Labute approximate surface area is 140 Å². The molecule has 118 valence electrons. The molecule has 0 radical (unpaired) electrons. The molecule has 1 heterocycles. The average Bonchev–Trinajstić information content (AvgIpc) is 2.94. The molecule has 0 saturated heterocycles. The molecular formula is C19H16N4O. The summed E-state index contributed by atoms with van der Waals surface area (Å²) in [6, 6.07) is 20.4. The van der Waals surface area contributed by atoms with Gasteiger partial charge in [0.15, 0.2) is 0 Å². The number of hydrogen-bond donors (Lipinski definition) is 1. The molecule has 0 spiro atoms. The average molecular weight is 316 g/mol. The third-order valence-electron chi connectivity index (χ3n) is 3.57. The lowest BCUT2D eigenvalue weighted by Crippen LogP contribution is -2.16. The van der Waals surface area contributed by atoms with Crippen molar-refractivity contribution in [3.63, 3.8) is 0 Å². The van der Waals surface area contributed by atoms with Crippen LogP contribution in [0.15, 0.2) is 60.7 Å². The van der Waals surface area contributed by atoms with Crippen LogP contribution in [-0.2, 0) is 6.54 Å². The van der Waals surface area contributed by atoms with Crippen LogP contribution in [0.25, 0.3) is 0 Å². The summed E-state index contributed by atoms with van der Waals surface area (Å²) < 4.78 is 1.76.